The molecule has 1 aliphatic carbocycles. The second-order valence-electron chi connectivity index (χ2n) is 8.64. The molecule has 0 amide bonds. The number of ether oxygens (including phenoxy) is 4. The maximum atomic E-state index is 12.2. The van der Waals surface area contributed by atoms with Crippen molar-refractivity contribution < 1.29 is 59.2 Å². The quantitative estimate of drug-likeness (QED) is 0.214. The first-order valence-electron chi connectivity index (χ1n) is 10.8. The standard InChI is InChI=1S/C23H26O12/c1-9-14(25)6-12-13(20(29)30)7-33-22(16(9)12)35-23-19(28)18(27)17(26)15(34-23)8-32-21(31)10-2-4-11(24)5-3-10/h2-5,7,12,14-19,22-28H,1,6,8H2,(H,29,30)/t12-,14-,15-,16+,17-,18+,19-,22-,23+/m1/s1. The summed E-state index contributed by atoms with van der Waals surface area (Å²) in [6.07, 6.45) is -9.03. The van der Waals surface area contributed by atoms with Crippen LogP contribution >= 0.6 is 0 Å². The summed E-state index contributed by atoms with van der Waals surface area (Å²) in [7, 11) is 0. The number of aliphatic carboxylic acids is 1. The summed E-state index contributed by atoms with van der Waals surface area (Å²) in [6.45, 7) is 3.30. The van der Waals surface area contributed by atoms with E-state index >= 15 is 0 Å². The lowest BCUT2D eigenvalue weighted by Gasteiger charge is -2.42. The third-order valence-electron chi connectivity index (χ3n) is 6.45. The molecule has 3 aliphatic rings. The molecular weight excluding hydrogens is 468 g/mol. The number of carboxylic acids is 1. The molecular formula is C23H26O12. The van der Waals surface area contributed by atoms with Crippen LogP contribution < -0.4 is 0 Å². The highest BCUT2D eigenvalue weighted by Crippen LogP contribution is 2.46. The summed E-state index contributed by atoms with van der Waals surface area (Å²) < 4.78 is 21.8. The van der Waals surface area contributed by atoms with Gasteiger partial charge in [0.05, 0.1) is 29.4 Å². The summed E-state index contributed by atoms with van der Waals surface area (Å²) in [5.74, 6) is -3.47. The number of aromatic hydroxyl groups is 1. The number of carbonyl (C=O) groups excluding carboxylic acids is 1. The molecule has 4 rings (SSSR count). The van der Waals surface area contributed by atoms with E-state index in [2.05, 4.69) is 6.58 Å². The van der Waals surface area contributed by atoms with Crippen LogP contribution in [0.2, 0.25) is 0 Å². The zero-order chi connectivity index (χ0) is 25.4. The van der Waals surface area contributed by atoms with Crippen molar-refractivity contribution in [3.63, 3.8) is 0 Å². The third-order valence-corrected chi connectivity index (χ3v) is 6.45. The SMILES string of the molecule is C=C1[C@@H]2[C@@H](O[C@@H]3O[C@H](COC(=O)c4ccc(O)cc4)[C@@H](O)[C@H](O)[C@H]3O)OC=C(C(=O)O)[C@H]2C[C@H]1O. The Morgan fingerprint density at radius 3 is 2.37 bits per heavy atom. The van der Waals surface area contributed by atoms with Crippen molar-refractivity contribution in [1.29, 1.82) is 0 Å². The number of hydrogen-bond donors (Lipinski definition) is 6. The van der Waals surface area contributed by atoms with E-state index in [4.69, 9.17) is 18.9 Å². The van der Waals surface area contributed by atoms with E-state index in [1.165, 1.54) is 24.3 Å². The number of aliphatic hydroxyl groups excluding tert-OH is 4. The molecule has 12 nitrogen and oxygen atoms in total. The molecule has 0 bridgehead atoms. The highest BCUT2D eigenvalue weighted by molar-refractivity contribution is 5.89. The summed E-state index contributed by atoms with van der Waals surface area (Å²) in [5, 5.41) is 60.0. The van der Waals surface area contributed by atoms with E-state index in [1.54, 1.807) is 0 Å². The number of phenolic OH excluding ortho intramolecular Hbond substituents is 1. The Bertz CT molecular complexity index is 1000. The fourth-order valence-corrected chi connectivity index (χ4v) is 4.48. The third kappa shape index (κ3) is 4.89. The average molecular weight is 494 g/mol. The minimum atomic E-state index is -1.73. The van der Waals surface area contributed by atoms with Gasteiger partial charge in [-0.2, -0.15) is 0 Å². The van der Waals surface area contributed by atoms with Crippen LogP contribution in [0.1, 0.15) is 16.8 Å². The Morgan fingerprint density at radius 2 is 1.71 bits per heavy atom. The van der Waals surface area contributed by atoms with Crippen LogP contribution in [0.5, 0.6) is 5.75 Å². The lowest BCUT2D eigenvalue weighted by atomic mass is 9.85. The van der Waals surface area contributed by atoms with Crippen LogP contribution in [0.25, 0.3) is 0 Å². The van der Waals surface area contributed by atoms with Gasteiger partial charge in [0, 0.05) is 5.92 Å². The molecule has 1 aromatic rings. The van der Waals surface area contributed by atoms with Crippen molar-refractivity contribution in [2.75, 3.05) is 6.61 Å². The Balaban J connectivity index is 1.45. The molecule has 1 aromatic carbocycles. The molecule has 1 saturated heterocycles. The van der Waals surface area contributed by atoms with Gasteiger partial charge in [-0.3, -0.25) is 0 Å². The van der Waals surface area contributed by atoms with Gasteiger partial charge in [0.2, 0.25) is 6.29 Å². The Labute approximate surface area is 199 Å². The largest absolute Gasteiger partial charge is 0.508 e. The van der Waals surface area contributed by atoms with Crippen molar-refractivity contribution in [1.82, 2.24) is 0 Å². The first-order valence-corrected chi connectivity index (χ1v) is 10.8. The van der Waals surface area contributed by atoms with Crippen LogP contribution in [0.3, 0.4) is 0 Å². The lowest BCUT2D eigenvalue weighted by molar-refractivity contribution is -0.339. The zero-order valence-corrected chi connectivity index (χ0v) is 18.3. The minimum Gasteiger partial charge on any atom is -0.508 e. The fourth-order valence-electron chi connectivity index (χ4n) is 4.48. The fraction of sp³-hybridized carbons (Fsp3) is 0.478. The molecule has 2 fully saturated rings. The average Bonchev–Trinajstić information content (AvgIpc) is 3.13. The molecule has 190 valence electrons. The van der Waals surface area contributed by atoms with E-state index < -0.39 is 73.5 Å². The first-order chi connectivity index (χ1) is 16.6. The number of esters is 1. The topological polar surface area (TPSA) is 192 Å². The van der Waals surface area contributed by atoms with Gasteiger partial charge in [-0.05, 0) is 36.3 Å². The lowest BCUT2D eigenvalue weighted by Crippen LogP contribution is -2.60. The zero-order valence-electron chi connectivity index (χ0n) is 18.3. The van der Waals surface area contributed by atoms with Gasteiger partial charge in [-0.25, -0.2) is 9.59 Å². The van der Waals surface area contributed by atoms with Crippen LogP contribution in [0.15, 0.2) is 48.3 Å². The molecule has 0 unspecified atom stereocenters. The maximum absolute atomic E-state index is 12.2. The molecule has 1 saturated carbocycles. The number of phenols is 1. The van der Waals surface area contributed by atoms with Crippen molar-refractivity contribution in [3.8, 4) is 5.75 Å². The van der Waals surface area contributed by atoms with E-state index in [-0.39, 0.29) is 28.9 Å². The van der Waals surface area contributed by atoms with Gasteiger partial charge in [-0.15, -0.1) is 0 Å². The van der Waals surface area contributed by atoms with E-state index in [0.717, 1.165) is 6.26 Å². The maximum Gasteiger partial charge on any atom is 0.338 e. The molecule has 6 N–H and O–H groups in total. The summed E-state index contributed by atoms with van der Waals surface area (Å²) >= 11 is 0. The normalized spacial score (nSPS) is 36.6. The summed E-state index contributed by atoms with van der Waals surface area (Å²) in [6, 6.07) is 5.25. The molecule has 0 spiro atoms. The molecule has 2 aliphatic heterocycles. The molecule has 35 heavy (non-hydrogen) atoms. The predicted octanol–water partition coefficient (Wildman–Crippen LogP) is -0.749. The van der Waals surface area contributed by atoms with Crippen molar-refractivity contribution >= 4 is 11.9 Å². The predicted molar refractivity (Wildman–Crippen MR) is 113 cm³/mol. The highest BCUT2D eigenvalue weighted by atomic mass is 16.8. The van der Waals surface area contributed by atoms with E-state index in [9.17, 15) is 40.2 Å². The Kier molecular flexibility index (Phi) is 7.12. The molecule has 0 radical (unpaired) electrons. The number of benzene rings is 1. The molecule has 0 aromatic heterocycles. The van der Waals surface area contributed by atoms with Crippen molar-refractivity contribution in [3.05, 3.63) is 53.8 Å². The van der Waals surface area contributed by atoms with Crippen LogP contribution in [-0.4, -0.2) is 92.3 Å². The highest BCUT2D eigenvalue weighted by Gasteiger charge is 2.52. The monoisotopic (exact) mass is 494 g/mol. The van der Waals surface area contributed by atoms with Crippen molar-refractivity contribution in [2.45, 2.75) is 49.5 Å². The van der Waals surface area contributed by atoms with Crippen LogP contribution in [0.4, 0.5) is 0 Å². The number of carboxylic acid groups (broad SMARTS) is 1. The van der Waals surface area contributed by atoms with Crippen molar-refractivity contribution in [2.24, 2.45) is 11.8 Å². The van der Waals surface area contributed by atoms with Crippen LogP contribution in [0, 0.1) is 11.8 Å². The Morgan fingerprint density at radius 1 is 1.03 bits per heavy atom. The molecule has 9 atom stereocenters. The number of rotatable bonds is 6. The second-order valence-corrected chi connectivity index (χ2v) is 8.64. The van der Waals surface area contributed by atoms with Crippen LogP contribution in [-0.2, 0) is 23.7 Å². The Hall–Kier alpha value is -3.00. The summed E-state index contributed by atoms with van der Waals surface area (Å²) in [5.41, 5.74) is 0.353. The number of fused-ring (bicyclic) bond motifs is 1. The van der Waals surface area contributed by atoms with Gasteiger partial charge in [-0.1, -0.05) is 6.58 Å². The number of aliphatic hydroxyl groups is 4. The smallest absolute Gasteiger partial charge is 0.338 e. The van der Waals surface area contributed by atoms with Gasteiger partial charge in [0.25, 0.3) is 0 Å². The van der Waals surface area contributed by atoms with E-state index in [0.29, 0.717) is 0 Å². The molecule has 2 heterocycles. The van der Waals surface area contributed by atoms with Gasteiger partial charge in [0.1, 0.15) is 36.8 Å². The minimum absolute atomic E-state index is 0.0420. The van der Waals surface area contributed by atoms with E-state index in [1.807, 2.05) is 0 Å². The number of hydrogen-bond acceptors (Lipinski definition) is 11. The van der Waals surface area contributed by atoms with Gasteiger partial charge in [0.15, 0.2) is 6.29 Å². The second kappa shape index (κ2) is 9.93. The van der Waals surface area contributed by atoms with Gasteiger partial charge < -0.3 is 49.6 Å². The first kappa shape index (κ1) is 25.1. The number of carbonyl (C=O) groups is 2. The summed E-state index contributed by atoms with van der Waals surface area (Å²) in [4.78, 5) is 23.8. The van der Waals surface area contributed by atoms with Gasteiger partial charge >= 0.3 is 11.9 Å². The molecule has 12 heteroatoms.